The molecule has 0 aliphatic carbocycles. The third kappa shape index (κ3) is 4.15. The number of aryl methyl sites for hydroxylation is 1. The highest BCUT2D eigenvalue weighted by atomic mass is 35.5. The summed E-state index contributed by atoms with van der Waals surface area (Å²) in [5.74, 6) is 0. The van der Waals surface area contributed by atoms with Crippen molar-refractivity contribution in [3.05, 3.63) is 63.6 Å². The molecular formula is C15H14Cl2N2O. The Balaban J connectivity index is 1.94. The van der Waals surface area contributed by atoms with E-state index in [-0.39, 0.29) is 6.03 Å². The van der Waals surface area contributed by atoms with Crippen LogP contribution in [0.5, 0.6) is 0 Å². The maximum atomic E-state index is 11.8. The smallest absolute Gasteiger partial charge is 0.319 e. The monoisotopic (exact) mass is 308 g/mol. The fraction of sp³-hybridized carbons (Fsp3) is 0.133. The molecule has 2 aromatic rings. The van der Waals surface area contributed by atoms with Gasteiger partial charge in [0.25, 0.3) is 0 Å². The second-order valence-corrected chi connectivity index (χ2v) is 5.26. The van der Waals surface area contributed by atoms with Crippen LogP contribution in [0.3, 0.4) is 0 Å². The first-order valence-corrected chi connectivity index (χ1v) is 6.85. The van der Waals surface area contributed by atoms with Crippen LogP contribution in [0.4, 0.5) is 10.5 Å². The van der Waals surface area contributed by atoms with Gasteiger partial charge in [-0.15, -0.1) is 0 Å². The number of hydrogen-bond donors (Lipinski definition) is 2. The Hall–Kier alpha value is -1.71. The van der Waals surface area contributed by atoms with E-state index in [4.69, 9.17) is 23.2 Å². The van der Waals surface area contributed by atoms with Crippen molar-refractivity contribution >= 4 is 34.9 Å². The summed E-state index contributed by atoms with van der Waals surface area (Å²) in [6.07, 6.45) is 0. The highest BCUT2D eigenvalue weighted by Crippen LogP contribution is 2.25. The van der Waals surface area contributed by atoms with Gasteiger partial charge in [-0.2, -0.15) is 0 Å². The first kappa shape index (κ1) is 14.7. The molecule has 0 aliphatic rings. The van der Waals surface area contributed by atoms with Gasteiger partial charge in [-0.05, 0) is 30.7 Å². The van der Waals surface area contributed by atoms with Gasteiger partial charge in [0.15, 0.2) is 0 Å². The van der Waals surface area contributed by atoms with Crippen LogP contribution in [0.15, 0.2) is 42.5 Å². The molecule has 0 heterocycles. The van der Waals surface area contributed by atoms with E-state index in [0.717, 1.165) is 11.1 Å². The Kier molecular flexibility index (Phi) is 4.88. The van der Waals surface area contributed by atoms with E-state index in [2.05, 4.69) is 10.6 Å². The number of benzene rings is 2. The molecule has 2 N–H and O–H groups in total. The van der Waals surface area contributed by atoms with Crippen molar-refractivity contribution in [1.82, 2.24) is 5.32 Å². The van der Waals surface area contributed by atoms with Gasteiger partial charge in [-0.1, -0.05) is 53.0 Å². The highest BCUT2D eigenvalue weighted by molar-refractivity contribution is 6.35. The lowest BCUT2D eigenvalue weighted by atomic mass is 10.1. The molecule has 0 fully saturated rings. The van der Waals surface area contributed by atoms with Crippen molar-refractivity contribution in [3.8, 4) is 0 Å². The molecule has 0 aliphatic heterocycles. The average molecular weight is 309 g/mol. The molecule has 2 rings (SSSR count). The van der Waals surface area contributed by atoms with E-state index in [1.54, 1.807) is 18.2 Å². The normalized spacial score (nSPS) is 10.2. The molecule has 0 spiro atoms. The third-order valence-electron chi connectivity index (χ3n) is 2.71. The third-order valence-corrected chi connectivity index (χ3v) is 3.28. The Morgan fingerprint density at radius 2 is 1.95 bits per heavy atom. The molecule has 0 atom stereocenters. The van der Waals surface area contributed by atoms with Gasteiger partial charge >= 0.3 is 6.03 Å². The highest BCUT2D eigenvalue weighted by Gasteiger charge is 2.06. The quantitative estimate of drug-likeness (QED) is 0.853. The standard InChI is InChI=1S/C15H14Cl2N2O/c1-10-3-2-4-11(7-10)9-18-15(20)19-14-8-12(16)5-6-13(14)17/h2-8H,9H2,1H3,(H2,18,19,20). The Morgan fingerprint density at radius 3 is 2.70 bits per heavy atom. The fourth-order valence-corrected chi connectivity index (χ4v) is 2.10. The van der Waals surface area contributed by atoms with Gasteiger partial charge in [0.2, 0.25) is 0 Å². The number of anilines is 1. The van der Waals surface area contributed by atoms with E-state index in [9.17, 15) is 4.79 Å². The van der Waals surface area contributed by atoms with E-state index >= 15 is 0 Å². The SMILES string of the molecule is Cc1cccc(CNC(=O)Nc2cc(Cl)ccc2Cl)c1. The van der Waals surface area contributed by atoms with E-state index < -0.39 is 0 Å². The summed E-state index contributed by atoms with van der Waals surface area (Å²) in [5, 5.41) is 6.40. The van der Waals surface area contributed by atoms with Crippen LogP contribution in [0, 0.1) is 6.92 Å². The summed E-state index contributed by atoms with van der Waals surface area (Å²) in [5.41, 5.74) is 2.68. The van der Waals surface area contributed by atoms with Crippen LogP contribution in [0.25, 0.3) is 0 Å². The van der Waals surface area contributed by atoms with Crippen LogP contribution in [-0.4, -0.2) is 6.03 Å². The minimum Gasteiger partial charge on any atom is -0.334 e. The van der Waals surface area contributed by atoms with Gasteiger partial charge in [-0.25, -0.2) is 4.79 Å². The number of amides is 2. The molecule has 5 heteroatoms. The van der Waals surface area contributed by atoms with Crippen molar-refractivity contribution < 1.29 is 4.79 Å². The zero-order valence-electron chi connectivity index (χ0n) is 10.9. The molecule has 104 valence electrons. The Morgan fingerprint density at radius 1 is 1.15 bits per heavy atom. The predicted molar refractivity (Wildman–Crippen MR) is 83.5 cm³/mol. The summed E-state index contributed by atoms with van der Waals surface area (Å²) in [4.78, 5) is 11.8. The van der Waals surface area contributed by atoms with Crippen molar-refractivity contribution in [1.29, 1.82) is 0 Å². The van der Waals surface area contributed by atoms with Gasteiger partial charge in [0.05, 0.1) is 10.7 Å². The Bertz CT molecular complexity index is 629. The van der Waals surface area contributed by atoms with Crippen molar-refractivity contribution in [2.45, 2.75) is 13.5 Å². The summed E-state index contributed by atoms with van der Waals surface area (Å²) < 4.78 is 0. The van der Waals surface area contributed by atoms with Crippen molar-refractivity contribution in [2.24, 2.45) is 0 Å². The fourth-order valence-electron chi connectivity index (χ4n) is 1.76. The molecule has 0 saturated heterocycles. The van der Waals surface area contributed by atoms with Crippen LogP contribution in [-0.2, 0) is 6.54 Å². The number of carbonyl (C=O) groups excluding carboxylic acids is 1. The lowest BCUT2D eigenvalue weighted by Crippen LogP contribution is -2.28. The largest absolute Gasteiger partial charge is 0.334 e. The van der Waals surface area contributed by atoms with Crippen LogP contribution in [0.2, 0.25) is 10.0 Å². The molecule has 3 nitrogen and oxygen atoms in total. The average Bonchev–Trinajstić information content (AvgIpc) is 2.41. The van der Waals surface area contributed by atoms with Gasteiger partial charge in [-0.3, -0.25) is 0 Å². The number of nitrogens with one attached hydrogen (secondary N) is 2. The van der Waals surface area contributed by atoms with Crippen LogP contribution in [0.1, 0.15) is 11.1 Å². The minimum atomic E-state index is -0.323. The molecule has 0 saturated carbocycles. The zero-order chi connectivity index (χ0) is 14.5. The number of carbonyl (C=O) groups is 1. The predicted octanol–water partition coefficient (Wildman–Crippen LogP) is 4.62. The summed E-state index contributed by atoms with van der Waals surface area (Å²) in [7, 11) is 0. The molecule has 0 bridgehead atoms. The molecular weight excluding hydrogens is 295 g/mol. The number of urea groups is 1. The second-order valence-electron chi connectivity index (χ2n) is 4.42. The molecule has 0 aromatic heterocycles. The van der Waals surface area contributed by atoms with Crippen molar-refractivity contribution in [2.75, 3.05) is 5.32 Å². The topological polar surface area (TPSA) is 41.1 Å². The minimum absolute atomic E-state index is 0.323. The number of rotatable bonds is 3. The lowest BCUT2D eigenvalue weighted by Gasteiger charge is -2.09. The van der Waals surface area contributed by atoms with E-state index in [1.165, 1.54) is 0 Å². The first-order valence-electron chi connectivity index (χ1n) is 6.10. The number of hydrogen-bond acceptors (Lipinski definition) is 1. The Labute approximate surface area is 127 Å². The van der Waals surface area contributed by atoms with E-state index in [0.29, 0.717) is 22.3 Å². The molecule has 20 heavy (non-hydrogen) atoms. The summed E-state index contributed by atoms with van der Waals surface area (Å²) in [6.45, 7) is 2.46. The van der Waals surface area contributed by atoms with Crippen molar-refractivity contribution in [3.63, 3.8) is 0 Å². The first-order chi connectivity index (χ1) is 9.54. The second kappa shape index (κ2) is 6.64. The molecule has 2 amide bonds. The van der Waals surface area contributed by atoms with Gasteiger partial charge in [0, 0.05) is 11.6 Å². The van der Waals surface area contributed by atoms with Gasteiger partial charge < -0.3 is 10.6 Å². The van der Waals surface area contributed by atoms with Crippen LogP contribution < -0.4 is 10.6 Å². The zero-order valence-corrected chi connectivity index (χ0v) is 12.4. The maximum Gasteiger partial charge on any atom is 0.319 e. The summed E-state index contributed by atoms with van der Waals surface area (Å²) in [6, 6.07) is 12.5. The van der Waals surface area contributed by atoms with Crippen LogP contribution >= 0.6 is 23.2 Å². The molecule has 2 aromatic carbocycles. The van der Waals surface area contributed by atoms with E-state index in [1.807, 2.05) is 31.2 Å². The lowest BCUT2D eigenvalue weighted by molar-refractivity contribution is 0.251. The summed E-state index contributed by atoms with van der Waals surface area (Å²) >= 11 is 11.8. The number of halogens is 2. The maximum absolute atomic E-state index is 11.8. The van der Waals surface area contributed by atoms with Gasteiger partial charge in [0.1, 0.15) is 0 Å². The molecule has 0 radical (unpaired) electrons. The molecule has 0 unspecified atom stereocenters.